The summed E-state index contributed by atoms with van der Waals surface area (Å²) >= 11 is 0. The first-order chi connectivity index (χ1) is 42.7. The Kier molecular flexibility index (Phi) is 62.4. The van der Waals surface area contributed by atoms with Gasteiger partial charge in [0.1, 0.15) is 19.3 Å². The maximum atomic E-state index is 13.0. The van der Waals surface area contributed by atoms with Gasteiger partial charge in [-0.25, -0.2) is 9.13 Å². The lowest BCUT2D eigenvalue weighted by atomic mass is 10.0. The van der Waals surface area contributed by atoms with Crippen LogP contribution in [0, 0.1) is 0 Å². The lowest BCUT2D eigenvalue weighted by Crippen LogP contribution is -2.30. The standard InChI is InChI=1S/C69H134O17P2/c1-5-9-13-17-20-22-24-26-28-30-31-33-35-37-39-41-44-48-52-56-69(74)86-65(60-80-67(72)54-50-46-43-40-38-36-34-32-29-27-25-23-21-18-14-10-6-2)62-84-88(77,78)82-58-63(70)57-81-87(75,76)83-61-64(59-79-66(71)53-49-45-16-12-8-4)85-68(73)55-51-47-42-19-15-11-7-3/h63-65,70H,5-62H2,1-4H3,(H,75,76)(H,77,78)/t63-,64+,65+/m0/s1. The number of hydrogen-bond acceptors (Lipinski definition) is 15. The van der Waals surface area contributed by atoms with E-state index in [2.05, 4.69) is 27.7 Å². The summed E-state index contributed by atoms with van der Waals surface area (Å²) in [4.78, 5) is 72.0. The molecule has 0 aromatic heterocycles. The maximum Gasteiger partial charge on any atom is 0.472 e. The van der Waals surface area contributed by atoms with Crippen molar-refractivity contribution in [1.29, 1.82) is 0 Å². The van der Waals surface area contributed by atoms with Crippen molar-refractivity contribution in [3.8, 4) is 0 Å². The first-order valence-corrected chi connectivity index (χ1v) is 39.3. The van der Waals surface area contributed by atoms with E-state index in [-0.39, 0.29) is 25.7 Å². The number of esters is 4. The average molecular weight is 1300 g/mol. The molecule has 0 aliphatic heterocycles. The van der Waals surface area contributed by atoms with Crippen LogP contribution in [0.5, 0.6) is 0 Å². The Morgan fingerprint density at radius 3 is 0.670 bits per heavy atom. The van der Waals surface area contributed by atoms with Crippen molar-refractivity contribution in [3.05, 3.63) is 0 Å². The summed E-state index contributed by atoms with van der Waals surface area (Å²) in [6.07, 6.45) is 52.0. The van der Waals surface area contributed by atoms with Crippen molar-refractivity contribution in [3.63, 3.8) is 0 Å². The molecule has 0 amide bonds. The van der Waals surface area contributed by atoms with E-state index in [9.17, 15) is 43.2 Å². The van der Waals surface area contributed by atoms with Crippen LogP contribution in [0.15, 0.2) is 0 Å². The first kappa shape index (κ1) is 86.1. The predicted molar refractivity (Wildman–Crippen MR) is 354 cm³/mol. The molecule has 0 bridgehead atoms. The molecule has 0 radical (unpaired) electrons. The van der Waals surface area contributed by atoms with Gasteiger partial charge in [0.25, 0.3) is 0 Å². The molecule has 0 rings (SSSR count). The van der Waals surface area contributed by atoms with Crippen LogP contribution in [0.4, 0.5) is 0 Å². The molecule has 5 atom stereocenters. The summed E-state index contributed by atoms with van der Waals surface area (Å²) in [6, 6.07) is 0. The molecule has 88 heavy (non-hydrogen) atoms. The smallest absolute Gasteiger partial charge is 0.462 e. The van der Waals surface area contributed by atoms with E-state index in [1.165, 1.54) is 173 Å². The van der Waals surface area contributed by atoms with E-state index in [1.807, 2.05) is 0 Å². The minimum atomic E-state index is -4.95. The minimum Gasteiger partial charge on any atom is -0.462 e. The number of ether oxygens (including phenoxy) is 4. The van der Waals surface area contributed by atoms with Crippen LogP contribution in [-0.4, -0.2) is 96.7 Å². The number of phosphoric ester groups is 2. The normalized spacial score (nSPS) is 14.0. The Balaban J connectivity index is 5.09. The SMILES string of the molecule is CCCCCCCCCCCCCCCCCCCCCC(=O)O[C@H](COC(=O)CCCCCCCCCCCCCCCCCCC)COP(=O)(O)OC[C@@H](O)COP(=O)(O)OC[C@@H](COC(=O)CCCCCCC)OC(=O)CCCCCCCCC. The van der Waals surface area contributed by atoms with Gasteiger partial charge in [0.05, 0.1) is 26.4 Å². The van der Waals surface area contributed by atoms with Crippen molar-refractivity contribution in [1.82, 2.24) is 0 Å². The second-order valence-corrected chi connectivity index (χ2v) is 27.8. The highest BCUT2D eigenvalue weighted by atomic mass is 31.2. The molecule has 0 heterocycles. The molecular weight excluding hydrogens is 1160 g/mol. The molecule has 3 N–H and O–H groups in total. The molecule has 0 aliphatic rings. The topological polar surface area (TPSA) is 237 Å². The third-order valence-corrected chi connectivity index (χ3v) is 18.0. The van der Waals surface area contributed by atoms with Crippen LogP contribution in [0.2, 0.25) is 0 Å². The molecule has 0 aromatic carbocycles. The van der Waals surface area contributed by atoms with Gasteiger partial charge in [-0.1, -0.05) is 310 Å². The number of unbranched alkanes of at least 4 members (excludes halogenated alkanes) is 44. The monoisotopic (exact) mass is 1300 g/mol. The largest absolute Gasteiger partial charge is 0.472 e. The molecule has 0 saturated heterocycles. The molecular formula is C69H134O17P2. The summed E-state index contributed by atoms with van der Waals surface area (Å²) in [7, 11) is -9.88. The highest BCUT2D eigenvalue weighted by molar-refractivity contribution is 7.47. The Morgan fingerprint density at radius 1 is 0.273 bits per heavy atom. The number of aliphatic hydroxyl groups is 1. The molecule has 0 fully saturated rings. The zero-order valence-corrected chi connectivity index (χ0v) is 58.5. The van der Waals surface area contributed by atoms with Gasteiger partial charge in [-0.15, -0.1) is 0 Å². The van der Waals surface area contributed by atoms with Crippen molar-refractivity contribution in [2.75, 3.05) is 39.6 Å². The Bertz CT molecular complexity index is 1690. The van der Waals surface area contributed by atoms with Gasteiger partial charge in [0.15, 0.2) is 12.2 Å². The van der Waals surface area contributed by atoms with Gasteiger partial charge in [0.2, 0.25) is 0 Å². The second-order valence-electron chi connectivity index (χ2n) is 24.9. The molecule has 2 unspecified atom stereocenters. The molecule has 0 aromatic rings. The van der Waals surface area contributed by atoms with Crippen molar-refractivity contribution >= 4 is 39.5 Å². The average Bonchev–Trinajstić information content (AvgIpc) is 3.72. The Labute approximate surface area is 537 Å². The minimum absolute atomic E-state index is 0.103. The van der Waals surface area contributed by atoms with Crippen LogP contribution >= 0.6 is 15.6 Å². The summed E-state index contributed by atoms with van der Waals surface area (Å²) in [5, 5.41) is 10.5. The van der Waals surface area contributed by atoms with Crippen LogP contribution < -0.4 is 0 Å². The number of rotatable bonds is 70. The zero-order valence-electron chi connectivity index (χ0n) is 56.7. The van der Waals surface area contributed by atoms with E-state index >= 15 is 0 Å². The van der Waals surface area contributed by atoms with Crippen molar-refractivity contribution < 1.29 is 80.2 Å². The summed E-state index contributed by atoms with van der Waals surface area (Å²) in [5.74, 6) is -2.14. The number of hydrogen-bond donors (Lipinski definition) is 3. The van der Waals surface area contributed by atoms with Crippen LogP contribution in [0.1, 0.15) is 362 Å². The van der Waals surface area contributed by atoms with Gasteiger partial charge in [-0.2, -0.15) is 0 Å². The third kappa shape index (κ3) is 62.8. The molecule has 0 aliphatic carbocycles. The zero-order chi connectivity index (χ0) is 64.7. The van der Waals surface area contributed by atoms with Crippen LogP contribution in [-0.2, 0) is 65.4 Å². The predicted octanol–water partition coefficient (Wildman–Crippen LogP) is 19.9. The fourth-order valence-corrected chi connectivity index (χ4v) is 12.1. The first-order valence-electron chi connectivity index (χ1n) is 36.3. The van der Waals surface area contributed by atoms with Gasteiger partial charge in [0, 0.05) is 25.7 Å². The van der Waals surface area contributed by atoms with Gasteiger partial charge >= 0.3 is 39.5 Å². The molecule has 0 spiro atoms. The van der Waals surface area contributed by atoms with E-state index in [0.717, 1.165) is 109 Å². The quantitative estimate of drug-likeness (QED) is 0.0222. The van der Waals surface area contributed by atoms with Crippen molar-refractivity contribution in [2.45, 2.75) is 380 Å². The lowest BCUT2D eigenvalue weighted by Gasteiger charge is -2.21. The second kappa shape index (κ2) is 63.8. The van der Waals surface area contributed by atoms with Crippen molar-refractivity contribution in [2.24, 2.45) is 0 Å². The maximum absolute atomic E-state index is 13.0. The van der Waals surface area contributed by atoms with Gasteiger partial charge in [-0.05, 0) is 25.7 Å². The lowest BCUT2D eigenvalue weighted by molar-refractivity contribution is -0.161. The van der Waals surface area contributed by atoms with E-state index in [1.54, 1.807) is 0 Å². The molecule has 19 heteroatoms. The third-order valence-electron chi connectivity index (χ3n) is 16.1. The van der Waals surface area contributed by atoms with Gasteiger partial charge < -0.3 is 33.8 Å². The molecule has 0 saturated carbocycles. The number of carbonyl (C=O) groups excluding carboxylic acids is 4. The van der Waals surface area contributed by atoms with Crippen LogP contribution in [0.3, 0.4) is 0 Å². The van der Waals surface area contributed by atoms with E-state index in [4.69, 9.17) is 37.0 Å². The number of carbonyl (C=O) groups is 4. The van der Waals surface area contributed by atoms with Gasteiger partial charge in [-0.3, -0.25) is 37.3 Å². The van der Waals surface area contributed by atoms with E-state index < -0.39 is 97.5 Å². The molecule has 17 nitrogen and oxygen atoms in total. The highest BCUT2D eigenvalue weighted by Crippen LogP contribution is 2.45. The summed E-state index contributed by atoms with van der Waals surface area (Å²) in [5.41, 5.74) is 0. The summed E-state index contributed by atoms with van der Waals surface area (Å²) < 4.78 is 67.9. The number of phosphoric acid groups is 2. The van der Waals surface area contributed by atoms with Crippen LogP contribution in [0.25, 0.3) is 0 Å². The fraction of sp³-hybridized carbons (Fsp3) is 0.942. The fourth-order valence-electron chi connectivity index (χ4n) is 10.5. The Hall–Kier alpha value is -1.94. The summed E-state index contributed by atoms with van der Waals surface area (Å²) in [6.45, 7) is 4.80. The highest BCUT2D eigenvalue weighted by Gasteiger charge is 2.30. The number of aliphatic hydroxyl groups excluding tert-OH is 1. The van der Waals surface area contributed by atoms with E-state index in [0.29, 0.717) is 25.7 Å². The Morgan fingerprint density at radius 2 is 0.455 bits per heavy atom. The molecule has 522 valence electrons.